The summed E-state index contributed by atoms with van der Waals surface area (Å²) in [6.45, 7) is -0.366. The molecule has 116 valence electrons. The Kier molecular flexibility index (Phi) is 3.79. The highest BCUT2D eigenvalue weighted by Gasteiger charge is 2.44. The topological polar surface area (TPSA) is 75.7 Å². The fraction of sp³-hybridized carbons (Fsp3) is 0.400. The molecule has 3 rings (SSSR count). The molecule has 6 nitrogen and oxygen atoms in total. The molecule has 0 bridgehead atoms. The number of nitrogens with one attached hydrogen (secondary N) is 1. The van der Waals surface area contributed by atoms with Crippen LogP contribution in [0, 0.1) is 5.82 Å². The summed E-state index contributed by atoms with van der Waals surface area (Å²) in [6, 6.07) is 4.96. The normalized spacial score (nSPS) is 20.7. The number of benzene rings is 1. The lowest BCUT2D eigenvalue weighted by atomic mass is 10.2. The highest BCUT2D eigenvalue weighted by Crippen LogP contribution is 2.31. The first-order chi connectivity index (χ1) is 10.6. The Bertz CT molecular complexity index is 630. The minimum Gasteiger partial charge on any atom is -0.481 e. The zero-order valence-corrected chi connectivity index (χ0v) is 11.8. The second kappa shape index (κ2) is 5.75. The summed E-state index contributed by atoms with van der Waals surface area (Å²) in [5.41, 5.74) is 0. The smallest absolute Gasteiger partial charge is 0.261 e. The van der Waals surface area contributed by atoms with E-state index in [1.807, 2.05) is 0 Å². The van der Waals surface area contributed by atoms with Crippen molar-refractivity contribution in [1.29, 1.82) is 0 Å². The summed E-state index contributed by atoms with van der Waals surface area (Å²) >= 11 is 0. The van der Waals surface area contributed by atoms with Crippen LogP contribution in [0.5, 0.6) is 5.75 Å². The van der Waals surface area contributed by atoms with Gasteiger partial charge < -0.3 is 9.64 Å². The molecular weight excluding hydrogens is 291 g/mol. The third-order valence-corrected chi connectivity index (χ3v) is 3.70. The lowest BCUT2D eigenvalue weighted by molar-refractivity contribution is -0.141. The number of halogens is 1. The van der Waals surface area contributed by atoms with Gasteiger partial charge in [-0.2, -0.15) is 0 Å². The molecule has 1 aliphatic heterocycles. The van der Waals surface area contributed by atoms with E-state index >= 15 is 0 Å². The van der Waals surface area contributed by atoms with Crippen LogP contribution >= 0.6 is 0 Å². The number of ether oxygens (including phenoxy) is 1. The van der Waals surface area contributed by atoms with E-state index in [-0.39, 0.29) is 30.7 Å². The van der Waals surface area contributed by atoms with Crippen LogP contribution in [-0.4, -0.2) is 41.3 Å². The van der Waals surface area contributed by atoms with Gasteiger partial charge in [-0.3, -0.25) is 19.7 Å². The number of imide groups is 1. The van der Waals surface area contributed by atoms with Crippen LogP contribution in [0.2, 0.25) is 0 Å². The molecule has 0 unspecified atom stereocenters. The first-order valence-electron chi connectivity index (χ1n) is 7.08. The van der Waals surface area contributed by atoms with E-state index in [1.165, 1.54) is 23.1 Å². The zero-order valence-electron chi connectivity index (χ0n) is 11.8. The van der Waals surface area contributed by atoms with Crippen LogP contribution in [0.3, 0.4) is 0 Å². The number of amides is 3. The average Bonchev–Trinajstić information content (AvgIpc) is 3.24. The van der Waals surface area contributed by atoms with Crippen LogP contribution in [0.4, 0.5) is 4.39 Å². The molecule has 3 amide bonds. The second-order valence-corrected chi connectivity index (χ2v) is 5.38. The first-order valence-corrected chi connectivity index (χ1v) is 7.08. The van der Waals surface area contributed by atoms with E-state index in [4.69, 9.17) is 4.74 Å². The van der Waals surface area contributed by atoms with Crippen LogP contribution in [0.1, 0.15) is 19.3 Å². The van der Waals surface area contributed by atoms with Gasteiger partial charge >= 0.3 is 0 Å². The van der Waals surface area contributed by atoms with Crippen molar-refractivity contribution >= 4 is 17.7 Å². The number of hydrogen-bond acceptors (Lipinski definition) is 4. The molecule has 7 heteroatoms. The maximum absolute atomic E-state index is 13.5. The van der Waals surface area contributed by atoms with Gasteiger partial charge in [0.25, 0.3) is 5.91 Å². The van der Waals surface area contributed by atoms with Crippen molar-refractivity contribution in [2.24, 2.45) is 0 Å². The molecule has 1 saturated carbocycles. The third kappa shape index (κ3) is 2.93. The van der Waals surface area contributed by atoms with Gasteiger partial charge in [-0.1, -0.05) is 12.1 Å². The van der Waals surface area contributed by atoms with Crippen molar-refractivity contribution in [3.63, 3.8) is 0 Å². The van der Waals surface area contributed by atoms with Gasteiger partial charge in [0.2, 0.25) is 11.8 Å². The third-order valence-electron chi connectivity index (χ3n) is 3.70. The number of nitrogens with zero attached hydrogens (tertiary/aromatic N) is 1. The van der Waals surface area contributed by atoms with Gasteiger partial charge in [0.05, 0.1) is 6.42 Å². The molecule has 1 atom stereocenters. The zero-order chi connectivity index (χ0) is 15.7. The minimum atomic E-state index is -0.781. The highest BCUT2D eigenvalue weighted by molar-refractivity contribution is 6.07. The van der Waals surface area contributed by atoms with Gasteiger partial charge in [-0.05, 0) is 25.0 Å². The van der Waals surface area contributed by atoms with Crippen molar-refractivity contribution in [3.8, 4) is 5.75 Å². The monoisotopic (exact) mass is 306 g/mol. The van der Waals surface area contributed by atoms with Gasteiger partial charge in [0.15, 0.2) is 18.2 Å². The van der Waals surface area contributed by atoms with Crippen LogP contribution in [0.15, 0.2) is 24.3 Å². The van der Waals surface area contributed by atoms with E-state index in [0.29, 0.717) is 0 Å². The molecule has 2 fully saturated rings. The number of carbonyl (C=O) groups is 3. The Hall–Kier alpha value is -2.44. The Morgan fingerprint density at radius 3 is 2.64 bits per heavy atom. The Morgan fingerprint density at radius 2 is 2.05 bits per heavy atom. The van der Waals surface area contributed by atoms with Gasteiger partial charge in [-0.25, -0.2) is 4.39 Å². The molecule has 1 aliphatic carbocycles. The molecule has 1 N–H and O–H groups in total. The maximum atomic E-state index is 13.5. The number of carbonyl (C=O) groups excluding carboxylic acids is 3. The Balaban J connectivity index is 1.67. The fourth-order valence-corrected chi connectivity index (χ4v) is 2.53. The van der Waals surface area contributed by atoms with Crippen LogP contribution < -0.4 is 10.1 Å². The number of para-hydroxylation sites is 1. The maximum Gasteiger partial charge on any atom is 0.261 e. The molecule has 1 aromatic carbocycles. The van der Waals surface area contributed by atoms with E-state index in [9.17, 15) is 18.8 Å². The van der Waals surface area contributed by atoms with Gasteiger partial charge in [0, 0.05) is 6.04 Å². The van der Waals surface area contributed by atoms with Crippen molar-refractivity contribution in [2.45, 2.75) is 31.3 Å². The second-order valence-electron chi connectivity index (χ2n) is 5.38. The average molecular weight is 306 g/mol. The molecule has 1 saturated heterocycles. The lowest BCUT2D eigenvalue weighted by Gasteiger charge is -2.26. The van der Waals surface area contributed by atoms with Crippen LogP contribution in [0.25, 0.3) is 0 Å². The summed E-state index contributed by atoms with van der Waals surface area (Å²) in [4.78, 5) is 36.8. The largest absolute Gasteiger partial charge is 0.481 e. The quantitative estimate of drug-likeness (QED) is 0.809. The Labute approximate surface area is 126 Å². The van der Waals surface area contributed by atoms with Crippen LogP contribution in [-0.2, 0) is 14.4 Å². The van der Waals surface area contributed by atoms with Crippen molar-refractivity contribution in [3.05, 3.63) is 30.1 Å². The van der Waals surface area contributed by atoms with E-state index in [2.05, 4.69) is 5.32 Å². The molecular formula is C15H15FN2O4. The predicted molar refractivity (Wildman–Crippen MR) is 73.3 cm³/mol. The van der Waals surface area contributed by atoms with Crippen molar-refractivity contribution < 1.29 is 23.5 Å². The first kappa shape index (κ1) is 14.5. The highest BCUT2D eigenvalue weighted by atomic mass is 19.1. The van der Waals surface area contributed by atoms with Crippen molar-refractivity contribution in [1.82, 2.24) is 10.2 Å². The van der Waals surface area contributed by atoms with E-state index in [0.717, 1.165) is 12.8 Å². The SMILES string of the molecule is O=C1C[C@@H](N(C(=O)COc2ccccc2F)C2CC2)C(=O)N1. The molecule has 22 heavy (non-hydrogen) atoms. The lowest BCUT2D eigenvalue weighted by Crippen LogP contribution is -2.47. The standard InChI is InChI=1S/C15H15FN2O4/c16-10-3-1-2-4-12(10)22-8-14(20)18(9-5-6-9)11-7-13(19)17-15(11)21/h1-4,9,11H,5-8H2,(H,17,19,21)/t11-/m1/s1. The molecule has 1 aromatic rings. The van der Waals surface area contributed by atoms with Gasteiger partial charge in [-0.15, -0.1) is 0 Å². The fourth-order valence-electron chi connectivity index (χ4n) is 2.53. The molecule has 1 heterocycles. The predicted octanol–water partition coefficient (Wildman–Crippen LogP) is 0.611. The summed E-state index contributed by atoms with van der Waals surface area (Å²) in [5, 5.41) is 2.20. The summed E-state index contributed by atoms with van der Waals surface area (Å²) in [6.07, 6.45) is 1.56. The molecule has 0 aromatic heterocycles. The minimum absolute atomic E-state index is 0.0152. The summed E-state index contributed by atoms with van der Waals surface area (Å²) in [7, 11) is 0. The van der Waals surface area contributed by atoms with Gasteiger partial charge in [0.1, 0.15) is 6.04 Å². The van der Waals surface area contributed by atoms with E-state index < -0.39 is 23.7 Å². The summed E-state index contributed by atoms with van der Waals surface area (Å²) < 4.78 is 18.7. The molecule has 0 spiro atoms. The molecule has 0 radical (unpaired) electrons. The number of rotatable bonds is 5. The molecule has 2 aliphatic rings. The number of hydrogen-bond donors (Lipinski definition) is 1. The Morgan fingerprint density at radius 1 is 1.32 bits per heavy atom. The summed E-state index contributed by atoms with van der Waals surface area (Å²) in [5.74, 6) is -1.83. The van der Waals surface area contributed by atoms with Crippen molar-refractivity contribution in [2.75, 3.05) is 6.61 Å². The van der Waals surface area contributed by atoms with E-state index in [1.54, 1.807) is 6.07 Å².